The minimum Gasteiger partial charge on any atom is -0.394 e. The summed E-state index contributed by atoms with van der Waals surface area (Å²) in [6.45, 7) is 5.35. The summed E-state index contributed by atoms with van der Waals surface area (Å²) in [7, 11) is 0. The molecule has 2 fully saturated rings. The number of carbonyl (C=O) groups is 1. The maximum absolute atomic E-state index is 12.5. The maximum Gasteiger partial charge on any atom is 0.230 e. The average Bonchev–Trinajstić information content (AvgIpc) is 2.86. The van der Waals surface area contributed by atoms with Crippen molar-refractivity contribution in [1.29, 1.82) is 0 Å². The number of aliphatic hydroxyl groups excluding tert-OH is 1. The Bertz CT molecular complexity index is 287. The van der Waals surface area contributed by atoms with Crippen LogP contribution in [0.1, 0.15) is 6.92 Å². The topological polar surface area (TPSA) is 71.0 Å². The Morgan fingerprint density at radius 3 is 2.94 bits per heavy atom. The molecule has 0 spiro atoms. The highest BCUT2D eigenvalue weighted by molar-refractivity contribution is 5.80. The fourth-order valence-corrected chi connectivity index (χ4v) is 2.57. The third-order valence-corrected chi connectivity index (χ3v) is 3.59. The van der Waals surface area contributed by atoms with Crippen LogP contribution in [-0.4, -0.2) is 74.1 Å². The highest BCUT2D eigenvalue weighted by atomic mass is 16.5. The third-order valence-electron chi connectivity index (χ3n) is 3.59. The molecule has 0 aromatic heterocycles. The molecule has 0 saturated carbocycles. The number of morpholine rings is 1. The molecule has 2 N–H and O–H groups in total. The summed E-state index contributed by atoms with van der Waals surface area (Å²) < 4.78 is 10.7. The Morgan fingerprint density at radius 1 is 1.39 bits per heavy atom. The minimum absolute atomic E-state index is 0.0504. The quantitative estimate of drug-likeness (QED) is 0.665. The van der Waals surface area contributed by atoms with Crippen LogP contribution in [0.2, 0.25) is 0 Å². The molecule has 6 heteroatoms. The first kappa shape index (κ1) is 13.7. The van der Waals surface area contributed by atoms with Crippen LogP contribution >= 0.6 is 0 Å². The zero-order valence-electron chi connectivity index (χ0n) is 10.8. The van der Waals surface area contributed by atoms with E-state index in [1.165, 1.54) is 0 Å². The number of aliphatic hydroxyl groups is 1. The first-order valence-corrected chi connectivity index (χ1v) is 6.58. The van der Waals surface area contributed by atoms with E-state index in [1.807, 2.05) is 6.92 Å². The van der Waals surface area contributed by atoms with Gasteiger partial charge in [-0.1, -0.05) is 6.92 Å². The van der Waals surface area contributed by atoms with E-state index in [9.17, 15) is 9.90 Å². The first-order chi connectivity index (χ1) is 8.77. The number of rotatable bonds is 4. The van der Waals surface area contributed by atoms with Gasteiger partial charge in [-0.3, -0.25) is 4.79 Å². The van der Waals surface area contributed by atoms with Crippen LogP contribution < -0.4 is 5.32 Å². The van der Waals surface area contributed by atoms with Gasteiger partial charge >= 0.3 is 0 Å². The van der Waals surface area contributed by atoms with Gasteiger partial charge in [-0.25, -0.2) is 0 Å². The third kappa shape index (κ3) is 2.83. The van der Waals surface area contributed by atoms with Gasteiger partial charge in [0.2, 0.25) is 5.91 Å². The molecule has 104 valence electrons. The zero-order valence-corrected chi connectivity index (χ0v) is 10.8. The molecule has 0 aromatic rings. The second-order valence-corrected chi connectivity index (χ2v) is 4.75. The lowest BCUT2D eigenvalue weighted by molar-refractivity contribution is -0.146. The maximum atomic E-state index is 12.5. The second-order valence-electron chi connectivity index (χ2n) is 4.75. The summed E-state index contributed by atoms with van der Waals surface area (Å²) in [6.07, 6.45) is 0. The smallest absolute Gasteiger partial charge is 0.230 e. The summed E-state index contributed by atoms with van der Waals surface area (Å²) in [5, 5.41) is 12.6. The Balaban J connectivity index is 2.00. The molecule has 1 amide bonds. The molecular formula is C12H22N2O4. The molecule has 0 aliphatic carbocycles. The van der Waals surface area contributed by atoms with E-state index in [-0.39, 0.29) is 30.5 Å². The standard InChI is InChI=1S/C12H22N2O4/c1-2-13-11-8-18-7-10(11)12(16)14-3-4-17-6-9(14)5-15/h9-11,13,15H,2-8H2,1H3. The van der Waals surface area contributed by atoms with E-state index in [0.29, 0.717) is 33.0 Å². The van der Waals surface area contributed by atoms with Gasteiger partial charge in [0.05, 0.1) is 45.0 Å². The largest absolute Gasteiger partial charge is 0.394 e. The fraction of sp³-hybridized carbons (Fsp3) is 0.917. The molecule has 2 aliphatic heterocycles. The van der Waals surface area contributed by atoms with Crippen LogP contribution in [0.3, 0.4) is 0 Å². The molecule has 3 unspecified atom stereocenters. The van der Waals surface area contributed by atoms with Crippen molar-refractivity contribution in [2.75, 3.05) is 46.1 Å². The minimum atomic E-state index is -0.214. The predicted molar refractivity (Wildman–Crippen MR) is 65.2 cm³/mol. The molecule has 2 rings (SSSR count). The monoisotopic (exact) mass is 258 g/mol. The number of amides is 1. The normalized spacial score (nSPS) is 32.8. The lowest BCUT2D eigenvalue weighted by Crippen LogP contribution is -2.55. The lowest BCUT2D eigenvalue weighted by atomic mass is 10.0. The first-order valence-electron chi connectivity index (χ1n) is 6.58. The second kappa shape index (κ2) is 6.47. The summed E-state index contributed by atoms with van der Waals surface area (Å²) in [5.41, 5.74) is 0. The number of nitrogens with zero attached hydrogens (tertiary/aromatic N) is 1. The number of likely N-dealkylation sites (N-methyl/N-ethyl adjacent to an activating group) is 1. The average molecular weight is 258 g/mol. The van der Waals surface area contributed by atoms with E-state index in [4.69, 9.17) is 9.47 Å². The molecule has 18 heavy (non-hydrogen) atoms. The van der Waals surface area contributed by atoms with Crippen LogP contribution in [0.4, 0.5) is 0 Å². The Morgan fingerprint density at radius 2 is 2.22 bits per heavy atom. The SMILES string of the molecule is CCNC1COCC1C(=O)N1CCOCC1CO. The van der Waals surface area contributed by atoms with Crippen molar-refractivity contribution < 1.29 is 19.4 Å². The lowest BCUT2D eigenvalue weighted by Gasteiger charge is -2.36. The van der Waals surface area contributed by atoms with Crippen molar-refractivity contribution in [3.63, 3.8) is 0 Å². The number of ether oxygens (including phenoxy) is 2. The highest BCUT2D eigenvalue weighted by Gasteiger charge is 2.38. The molecule has 2 saturated heterocycles. The molecule has 6 nitrogen and oxygen atoms in total. The number of hydrogen-bond acceptors (Lipinski definition) is 5. The van der Waals surface area contributed by atoms with Crippen molar-refractivity contribution in [3.05, 3.63) is 0 Å². The van der Waals surface area contributed by atoms with Gasteiger partial charge < -0.3 is 24.8 Å². The van der Waals surface area contributed by atoms with Crippen molar-refractivity contribution in [1.82, 2.24) is 10.2 Å². The van der Waals surface area contributed by atoms with Crippen LogP contribution in [0.15, 0.2) is 0 Å². The Labute approximate surface area is 107 Å². The molecule has 2 aliphatic rings. The van der Waals surface area contributed by atoms with E-state index in [2.05, 4.69) is 5.32 Å². The van der Waals surface area contributed by atoms with Gasteiger partial charge in [0.25, 0.3) is 0 Å². The molecule has 2 heterocycles. The summed E-state index contributed by atoms with van der Waals surface area (Å²) in [6, 6.07) is -0.126. The van der Waals surface area contributed by atoms with Crippen LogP contribution in [0, 0.1) is 5.92 Å². The van der Waals surface area contributed by atoms with E-state index in [0.717, 1.165) is 6.54 Å². The summed E-state index contributed by atoms with van der Waals surface area (Å²) >= 11 is 0. The van der Waals surface area contributed by atoms with Gasteiger partial charge in [0.1, 0.15) is 0 Å². The Kier molecular flexibility index (Phi) is 4.94. The number of nitrogens with one attached hydrogen (secondary N) is 1. The molecule has 0 bridgehead atoms. The number of carbonyl (C=O) groups excluding carboxylic acids is 1. The van der Waals surface area contributed by atoms with Crippen molar-refractivity contribution in [3.8, 4) is 0 Å². The van der Waals surface area contributed by atoms with Crippen molar-refractivity contribution >= 4 is 5.91 Å². The van der Waals surface area contributed by atoms with Crippen molar-refractivity contribution in [2.24, 2.45) is 5.92 Å². The van der Waals surface area contributed by atoms with Gasteiger partial charge in [0, 0.05) is 12.6 Å². The predicted octanol–water partition coefficient (Wildman–Crippen LogP) is -1.17. The molecule has 0 aromatic carbocycles. The van der Waals surface area contributed by atoms with E-state index in [1.54, 1.807) is 4.90 Å². The van der Waals surface area contributed by atoms with Gasteiger partial charge in [-0.2, -0.15) is 0 Å². The summed E-state index contributed by atoms with van der Waals surface area (Å²) in [4.78, 5) is 14.2. The van der Waals surface area contributed by atoms with Gasteiger partial charge in [0.15, 0.2) is 0 Å². The van der Waals surface area contributed by atoms with Crippen LogP contribution in [0.25, 0.3) is 0 Å². The summed E-state index contributed by atoms with van der Waals surface area (Å²) in [5.74, 6) is -0.0714. The fourth-order valence-electron chi connectivity index (χ4n) is 2.57. The molecule has 0 radical (unpaired) electrons. The van der Waals surface area contributed by atoms with E-state index >= 15 is 0 Å². The number of hydrogen-bond donors (Lipinski definition) is 2. The molecular weight excluding hydrogens is 236 g/mol. The van der Waals surface area contributed by atoms with Crippen LogP contribution in [0.5, 0.6) is 0 Å². The molecule has 3 atom stereocenters. The van der Waals surface area contributed by atoms with Crippen molar-refractivity contribution in [2.45, 2.75) is 19.0 Å². The van der Waals surface area contributed by atoms with E-state index < -0.39 is 0 Å². The highest BCUT2D eigenvalue weighted by Crippen LogP contribution is 2.19. The van der Waals surface area contributed by atoms with Gasteiger partial charge in [-0.15, -0.1) is 0 Å². The van der Waals surface area contributed by atoms with Gasteiger partial charge in [-0.05, 0) is 6.54 Å². The van der Waals surface area contributed by atoms with Crippen LogP contribution in [-0.2, 0) is 14.3 Å². The zero-order chi connectivity index (χ0) is 13.0. The Hall–Kier alpha value is -0.690.